The van der Waals surface area contributed by atoms with E-state index < -0.39 is 0 Å². The van der Waals surface area contributed by atoms with Gasteiger partial charge in [-0.1, -0.05) is 35.5 Å². The number of carbonyl (C=O) groups excluding carboxylic acids is 1. The van der Waals surface area contributed by atoms with Crippen molar-refractivity contribution in [3.63, 3.8) is 0 Å². The Kier molecular flexibility index (Phi) is 4.07. The van der Waals surface area contributed by atoms with Gasteiger partial charge < -0.3 is 9.42 Å². The largest absolute Gasteiger partial charge is 0.339 e. The zero-order valence-electron chi connectivity index (χ0n) is 15.2. The molecule has 1 saturated heterocycles. The number of nitrogens with zero attached hydrogens (tertiary/aromatic N) is 3. The second-order valence-corrected chi connectivity index (χ2v) is 7.02. The zero-order valence-corrected chi connectivity index (χ0v) is 15.2. The topological polar surface area (TPSA) is 59.2 Å². The van der Waals surface area contributed by atoms with Crippen molar-refractivity contribution in [2.75, 3.05) is 11.4 Å². The molecular formula is C21H21N3O2. The Morgan fingerprint density at radius 1 is 1.08 bits per heavy atom. The van der Waals surface area contributed by atoms with Crippen LogP contribution in [0.5, 0.6) is 0 Å². The number of hydrogen-bond donors (Lipinski definition) is 0. The highest BCUT2D eigenvalue weighted by Gasteiger charge is 2.35. The lowest BCUT2D eigenvalue weighted by atomic mass is 10.1. The van der Waals surface area contributed by atoms with Gasteiger partial charge in [0.05, 0.1) is 5.92 Å². The fourth-order valence-corrected chi connectivity index (χ4v) is 3.56. The molecule has 1 atom stereocenters. The maximum Gasteiger partial charge on any atom is 0.232 e. The Hall–Kier alpha value is -2.95. The summed E-state index contributed by atoms with van der Waals surface area (Å²) in [6.45, 7) is 6.67. The molecule has 5 nitrogen and oxygen atoms in total. The predicted octanol–water partition coefficient (Wildman–Crippen LogP) is 4.18. The lowest BCUT2D eigenvalue weighted by Gasteiger charge is -2.17. The highest BCUT2D eigenvalue weighted by atomic mass is 16.5. The van der Waals surface area contributed by atoms with Crippen LogP contribution in [0.25, 0.3) is 11.4 Å². The quantitative estimate of drug-likeness (QED) is 0.713. The van der Waals surface area contributed by atoms with E-state index in [0.29, 0.717) is 24.7 Å². The Morgan fingerprint density at radius 3 is 2.54 bits per heavy atom. The van der Waals surface area contributed by atoms with Crippen LogP contribution in [-0.2, 0) is 4.79 Å². The smallest absolute Gasteiger partial charge is 0.232 e. The van der Waals surface area contributed by atoms with Gasteiger partial charge in [0.1, 0.15) is 0 Å². The monoisotopic (exact) mass is 347 g/mol. The molecule has 0 unspecified atom stereocenters. The molecule has 3 aromatic rings. The summed E-state index contributed by atoms with van der Waals surface area (Å²) >= 11 is 0. The van der Waals surface area contributed by atoms with E-state index in [2.05, 4.69) is 16.2 Å². The number of benzene rings is 2. The molecule has 2 aromatic carbocycles. The number of aromatic nitrogens is 2. The number of aryl methyl sites for hydroxylation is 3. The van der Waals surface area contributed by atoms with Crippen molar-refractivity contribution >= 4 is 11.6 Å². The lowest BCUT2D eigenvalue weighted by molar-refractivity contribution is -0.117. The van der Waals surface area contributed by atoms with Gasteiger partial charge in [0.2, 0.25) is 17.6 Å². The summed E-state index contributed by atoms with van der Waals surface area (Å²) in [7, 11) is 0. The first kappa shape index (κ1) is 16.5. The molecule has 0 spiro atoms. The van der Waals surface area contributed by atoms with Crippen LogP contribution in [0.4, 0.5) is 5.69 Å². The van der Waals surface area contributed by atoms with Crippen LogP contribution in [0.2, 0.25) is 0 Å². The molecular weight excluding hydrogens is 326 g/mol. The highest BCUT2D eigenvalue weighted by molar-refractivity contribution is 5.96. The van der Waals surface area contributed by atoms with Crippen LogP contribution in [-0.4, -0.2) is 22.6 Å². The summed E-state index contributed by atoms with van der Waals surface area (Å²) in [5, 5.41) is 4.13. The average Bonchev–Trinajstić information content (AvgIpc) is 3.21. The van der Waals surface area contributed by atoms with E-state index in [1.54, 1.807) is 0 Å². The van der Waals surface area contributed by atoms with Gasteiger partial charge in [-0.2, -0.15) is 4.98 Å². The third kappa shape index (κ3) is 3.01. The van der Waals surface area contributed by atoms with Crippen LogP contribution in [0, 0.1) is 20.8 Å². The van der Waals surface area contributed by atoms with Gasteiger partial charge in [0, 0.05) is 24.2 Å². The van der Waals surface area contributed by atoms with Gasteiger partial charge in [-0.25, -0.2) is 0 Å². The molecule has 4 rings (SSSR count). The van der Waals surface area contributed by atoms with Crippen molar-refractivity contribution in [3.8, 4) is 11.4 Å². The van der Waals surface area contributed by atoms with Gasteiger partial charge in [0.25, 0.3) is 0 Å². The van der Waals surface area contributed by atoms with E-state index >= 15 is 0 Å². The maximum absolute atomic E-state index is 12.5. The molecule has 5 heteroatoms. The summed E-state index contributed by atoms with van der Waals surface area (Å²) < 4.78 is 5.50. The van der Waals surface area contributed by atoms with E-state index in [0.717, 1.165) is 27.9 Å². The number of amides is 1. The SMILES string of the molecule is Cc1cc(C)cc(N2C[C@H](c3nc(-c4ccccc4C)no3)CC2=O)c1. The molecule has 0 aliphatic carbocycles. The van der Waals surface area contributed by atoms with Gasteiger partial charge in [-0.05, 0) is 49.6 Å². The first-order valence-corrected chi connectivity index (χ1v) is 8.79. The third-order valence-corrected chi connectivity index (χ3v) is 4.82. The minimum atomic E-state index is -0.0754. The Labute approximate surface area is 152 Å². The number of carbonyl (C=O) groups is 1. The van der Waals surface area contributed by atoms with Crippen molar-refractivity contribution in [2.24, 2.45) is 0 Å². The van der Waals surface area contributed by atoms with E-state index in [1.165, 1.54) is 0 Å². The normalized spacial score (nSPS) is 17.1. The number of rotatable bonds is 3. The van der Waals surface area contributed by atoms with Crippen LogP contribution < -0.4 is 4.90 Å². The number of anilines is 1. The van der Waals surface area contributed by atoms with Gasteiger partial charge in [-0.3, -0.25) is 4.79 Å². The predicted molar refractivity (Wildman–Crippen MR) is 100 cm³/mol. The lowest BCUT2D eigenvalue weighted by Crippen LogP contribution is -2.24. The van der Waals surface area contributed by atoms with Crippen LogP contribution in [0.1, 0.15) is 34.9 Å². The second-order valence-electron chi connectivity index (χ2n) is 7.02. The van der Waals surface area contributed by atoms with E-state index in [-0.39, 0.29) is 11.8 Å². The Balaban J connectivity index is 1.59. The highest BCUT2D eigenvalue weighted by Crippen LogP contribution is 2.33. The molecule has 0 radical (unpaired) electrons. The van der Waals surface area contributed by atoms with Gasteiger partial charge in [-0.15, -0.1) is 0 Å². The Bertz CT molecular complexity index is 957. The fraction of sp³-hybridized carbons (Fsp3) is 0.286. The zero-order chi connectivity index (χ0) is 18.3. The standard InChI is InChI=1S/C21H21N3O2/c1-13-8-14(2)10-17(9-13)24-12-16(11-19(24)25)21-22-20(23-26-21)18-7-5-4-6-15(18)3/h4-10,16H,11-12H2,1-3H3/t16-/m1/s1. The van der Waals surface area contributed by atoms with E-state index in [9.17, 15) is 4.79 Å². The summed E-state index contributed by atoms with van der Waals surface area (Å²) in [4.78, 5) is 18.9. The molecule has 1 fully saturated rings. The van der Waals surface area contributed by atoms with Crippen LogP contribution >= 0.6 is 0 Å². The minimum absolute atomic E-state index is 0.0754. The summed E-state index contributed by atoms with van der Waals surface area (Å²) in [6, 6.07) is 14.1. The van der Waals surface area contributed by atoms with Gasteiger partial charge in [0.15, 0.2) is 0 Å². The summed E-state index contributed by atoms with van der Waals surface area (Å²) in [5.74, 6) is 1.13. The minimum Gasteiger partial charge on any atom is -0.339 e. The van der Waals surface area contributed by atoms with Crippen LogP contribution in [0.3, 0.4) is 0 Å². The molecule has 0 saturated carbocycles. The van der Waals surface area contributed by atoms with Crippen molar-refractivity contribution in [1.82, 2.24) is 10.1 Å². The molecule has 132 valence electrons. The van der Waals surface area contributed by atoms with Crippen LogP contribution in [0.15, 0.2) is 47.0 Å². The van der Waals surface area contributed by atoms with E-state index in [1.807, 2.05) is 62.1 Å². The first-order chi connectivity index (χ1) is 12.5. The Morgan fingerprint density at radius 2 is 1.81 bits per heavy atom. The number of hydrogen-bond acceptors (Lipinski definition) is 4. The first-order valence-electron chi connectivity index (χ1n) is 8.79. The fourth-order valence-electron chi connectivity index (χ4n) is 3.56. The molecule has 1 aliphatic heterocycles. The molecule has 1 aliphatic rings. The van der Waals surface area contributed by atoms with E-state index in [4.69, 9.17) is 4.52 Å². The maximum atomic E-state index is 12.5. The van der Waals surface area contributed by atoms with Crippen molar-refractivity contribution in [3.05, 3.63) is 65.0 Å². The van der Waals surface area contributed by atoms with Crippen molar-refractivity contribution < 1.29 is 9.32 Å². The van der Waals surface area contributed by atoms with Crippen molar-refractivity contribution in [2.45, 2.75) is 33.1 Å². The molecule has 0 N–H and O–H groups in total. The molecule has 1 amide bonds. The second kappa shape index (κ2) is 6.41. The third-order valence-electron chi connectivity index (χ3n) is 4.82. The summed E-state index contributed by atoms with van der Waals surface area (Å²) in [5.41, 5.74) is 5.29. The van der Waals surface area contributed by atoms with Crippen molar-refractivity contribution in [1.29, 1.82) is 0 Å². The average molecular weight is 347 g/mol. The molecule has 0 bridgehead atoms. The molecule has 1 aromatic heterocycles. The van der Waals surface area contributed by atoms with Gasteiger partial charge >= 0.3 is 0 Å². The molecule has 2 heterocycles. The molecule has 26 heavy (non-hydrogen) atoms. The summed E-state index contributed by atoms with van der Waals surface area (Å²) in [6.07, 6.45) is 0.391.